The fourth-order valence-electron chi connectivity index (χ4n) is 1.99. The fraction of sp³-hybridized carbons (Fsp3) is 0.769. The molecule has 0 aromatic heterocycles. The minimum Gasteiger partial charge on any atom is -0.444 e. The minimum absolute atomic E-state index is 0.0418. The van der Waals surface area contributed by atoms with E-state index in [1.54, 1.807) is 20.8 Å². The van der Waals surface area contributed by atoms with E-state index in [2.05, 4.69) is 0 Å². The number of amides is 1. The van der Waals surface area contributed by atoms with Crippen LogP contribution in [0.25, 0.3) is 0 Å². The number of nitriles is 1. The summed E-state index contributed by atoms with van der Waals surface area (Å²) in [4.78, 5) is 25.3. The Morgan fingerprint density at radius 1 is 1.44 bits per heavy atom. The van der Waals surface area contributed by atoms with E-state index in [9.17, 15) is 9.59 Å². The summed E-state index contributed by atoms with van der Waals surface area (Å²) < 4.78 is 5.28. The van der Waals surface area contributed by atoms with Crippen LogP contribution in [0.5, 0.6) is 0 Å². The van der Waals surface area contributed by atoms with Crippen LogP contribution in [-0.2, 0) is 9.53 Å². The molecule has 5 nitrogen and oxygen atoms in total. The third kappa shape index (κ3) is 4.02. The average Bonchev–Trinajstić information content (AvgIpc) is 2.72. The summed E-state index contributed by atoms with van der Waals surface area (Å²) >= 11 is 0. The molecule has 1 heterocycles. The molecule has 0 aromatic rings. The highest BCUT2D eigenvalue weighted by Gasteiger charge is 2.35. The first-order valence-corrected chi connectivity index (χ1v) is 6.24. The second-order valence-electron chi connectivity index (χ2n) is 5.46. The third-order valence-electron chi connectivity index (χ3n) is 2.74. The SMILES string of the molecule is CC(C)(C)OC(=O)N1CCCC1C(=O)CCC#N. The van der Waals surface area contributed by atoms with E-state index < -0.39 is 17.7 Å². The zero-order valence-electron chi connectivity index (χ0n) is 11.2. The number of carbonyl (C=O) groups is 2. The Hall–Kier alpha value is -1.57. The van der Waals surface area contributed by atoms with Crippen molar-refractivity contribution in [2.24, 2.45) is 0 Å². The number of ketones is 1. The predicted molar refractivity (Wildman–Crippen MR) is 65.8 cm³/mol. The second-order valence-corrected chi connectivity index (χ2v) is 5.46. The number of carbonyl (C=O) groups excluding carboxylic acids is 2. The molecule has 0 radical (unpaired) electrons. The smallest absolute Gasteiger partial charge is 0.410 e. The van der Waals surface area contributed by atoms with Gasteiger partial charge >= 0.3 is 6.09 Å². The number of likely N-dealkylation sites (tertiary alicyclic amines) is 1. The van der Waals surface area contributed by atoms with Gasteiger partial charge in [-0.1, -0.05) is 0 Å². The van der Waals surface area contributed by atoms with Gasteiger partial charge in [0.25, 0.3) is 0 Å². The van der Waals surface area contributed by atoms with E-state index in [0.717, 1.165) is 6.42 Å². The molecule has 0 aliphatic carbocycles. The summed E-state index contributed by atoms with van der Waals surface area (Å²) in [6, 6.07) is 1.54. The Bertz CT molecular complexity index is 365. The highest BCUT2D eigenvalue weighted by molar-refractivity contribution is 5.88. The molecule has 1 aliphatic rings. The van der Waals surface area contributed by atoms with Gasteiger partial charge in [-0.3, -0.25) is 9.69 Å². The Morgan fingerprint density at radius 3 is 2.67 bits per heavy atom. The lowest BCUT2D eigenvalue weighted by Crippen LogP contribution is -2.43. The summed E-state index contributed by atoms with van der Waals surface area (Å²) in [5, 5.41) is 8.48. The first kappa shape index (κ1) is 14.5. The lowest BCUT2D eigenvalue weighted by Gasteiger charge is -2.27. The molecule has 1 amide bonds. The first-order chi connectivity index (χ1) is 8.35. The lowest BCUT2D eigenvalue weighted by atomic mass is 10.1. The molecule has 1 unspecified atom stereocenters. The van der Waals surface area contributed by atoms with Crippen LogP contribution in [0.2, 0.25) is 0 Å². The van der Waals surface area contributed by atoms with Crippen molar-refractivity contribution in [2.75, 3.05) is 6.54 Å². The Labute approximate surface area is 108 Å². The molecule has 0 aromatic carbocycles. The third-order valence-corrected chi connectivity index (χ3v) is 2.74. The molecular weight excluding hydrogens is 232 g/mol. The molecule has 1 atom stereocenters. The van der Waals surface area contributed by atoms with E-state index >= 15 is 0 Å². The molecule has 0 bridgehead atoms. The zero-order chi connectivity index (χ0) is 13.8. The van der Waals surface area contributed by atoms with Crippen molar-refractivity contribution in [3.63, 3.8) is 0 Å². The van der Waals surface area contributed by atoms with Crippen molar-refractivity contribution in [1.29, 1.82) is 5.26 Å². The van der Waals surface area contributed by atoms with Crippen LogP contribution >= 0.6 is 0 Å². The Morgan fingerprint density at radius 2 is 2.11 bits per heavy atom. The van der Waals surface area contributed by atoms with Crippen LogP contribution in [0.3, 0.4) is 0 Å². The van der Waals surface area contributed by atoms with Crippen molar-refractivity contribution in [2.45, 2.75) is 58.1 Å². The maximum atomic E-state index is 11.9. The van der Waals surface area contributed by atoms with Crippen molar-refractivity contribution in [3.05, 3.63) is 0 Å². The largest absolute Gasteiger partial charge is 0.444 e. The van der Waals surface area contributed by atoms with Crippen molar-refractivity contribution in [1.82, 2.24) is 4.90 Å². The van der Waals surface area contributed by atoms with Gasteiger partial charge in [0.1, 0.15) is 5.60 Å². The van der Waals surface area contributed by atoms with Crippen molar-refractivity contribution >= 4 is 11.9 Å². The average molecular weight is 252 g/mol. The normalized spacial score (nSPS) is 19.4. The van der Waals surface area contributed by atoms with E-state index in [-0.39, 0.29) is 18.6 Å². The van der Waals surface area contributed by atoms with Gasteiger partial charge in [-0.05, 0) is 33.6 Å². The molecule has 0 saturated carbocycles. The Balaban J connectivity index is 2.62. The van der Waals surface area contributed by atoms with Crippen LogP contribution in [0.4, 0.5) is 4.79 Å². The number of nitrogens with zero attached hydrogens (tertiary/aromatic N) is 2. The van der Waals surface area contributed by atoms with E-state index in [1.807, 2.05) is 6.07 Å². The van der Waals surface area contributed by atoms with Crippen LogP contribution < -0.4 is 0 Å². The maximum Gasteiger partial charge on any atom is 0.410 e. The molecule has 18 heavy (non-hydrogen) atoms. The van der Waals surface area contributed by atoms with Crippen LogP contribution in [0, 0.1) is 11.3 Å². The van der Waals surface area contributed by atoms with Gasteiger partial charge in [0.2, 0.25) is 0 Å². The van der Waals surface area contributed by atoms with Crippen LogP contribution in [0.15, 0.2) is 0 Å². The highest BCUT2D eigenvalue weighted by Crippen LogP contribution is 2.22. The van der Waals surface area contributed by atoms with Crippen LogP contribution in [-0.4, -0.2) is 35.0 Å². The summed E-state index contributed by atoms with van der Waals surface area (Å²) in [5.41, 5.74) is -0.556. The number of ether oxygens (including phenoxy) is 1. The standard InChI is InChI=1S/C13H20N2O3/c1-13(2,3)18-12(17)15-9-5-6-10(15)11(16)7-4-8-14/h10H,4-7,9H2,1-3H3. The van der Waals surface area contributed by atoms with E-state index in [1.165, 1.54) is 4.90 Å². The van der Waals surface area contributed by atoms with Gasteiger partial charge in [-0.15, -0.1) is 0 Å². The predicted octanol–water partition coefficient (Wildman–Crippen LogP) is 2.26. The van der Waals surface area contributed by atoms with Gasteiger partial charge in [-0.25, -0.2) is 4.79 Å². The Kier molecular flexibility index (Phi) is 4.71. The number of hydrogen-bond acceptors (Lipinski definition) is 4. The fourth-order valence-corrected chi connectivity index (χ4v) is 1.99. The monoisotopic (exact) mass is 252 g/mol. The summed E-state index contributed by atoms with van der Waals surface area (Å²) in [6.07, 6.45) is 1.46. The molecule has 5 heteroatoms. The lowest BCUT2D eigenvalue weighted by molar-refractivity contribution is -0.123. The molecular formula is C13H20N2O3. The molecule has 1 fully saturated rings. The molecule has 1 rings (SSSR count). The maximum absolute atomic E-state index is 11.9. The summed E-state index contributed by atoms with van der Waals surface area (Å²) in [6.45, 7) is 5.95. The molecule has 0 N–H and O–H groups in total. The zero-order valence-corrected chi connectivity index (χ0v) is 11.2. The molecule has 0 spiro atoms. The molecule has 100 valence electrons. The van der Waals surface area contributed by atoms with Gasteiger partial charge in [0.15, 0.2) is 5.78 Å². The van der Waals surface area contributed by atoms with Gasteiger partial charge in [0, 0.05) is 19.4 Å². The highest BCUT2D eigenvalue weighted by atomic mass is 16.6. The minimum atomic E-state index is -0.556. The molecule has 1 aliphatic heterocycles. The van der Waals surface area contributed by atoms with Gasteiger partial charge in [-0.2, -0.15) is 5.26 Å². The second kappa shape index (κ2) is 5.85. The first-order valence-electron chi connectivity index (χ1n) is 6.24. The number of Topliss-reactive ketones (excluding diaryl/α,β-unsaturated/α-hetero) is 1. The summed E-state index contributed by atoms with van der Waals surface area (Å²) in [7, 11) is 0. The quantitative estimate of drug-likeness (QED) is 0.772. The van der Waals surface area contributed by atoms with E-state index in [0.29, 0.717) is 13.0 Å². The van der Waals surface area contributed by atoms with Gasteiger partial charge < -0.3 is 4.74 Å². The molecule has 1 saturated heterocycles. The summed E-state index contributed by atoms with van der Waals surface area (Å²) in [5.74, 6) is -0.0418. The van der Waals surface area contributed by atoms with Gasteiger partial charge in [0.05, 0.1) is 12.1 Å². The topological polar surface area (TPSA) is 70.4 Å². The van der Waals surface area contributed by atoms with Crippen molar-refractivity contribution in [3.8, 4) is 6.07 Å². The van der Waals surface area contributed by atoms with Crippen molar-refractivity contribution < 1.29 is 14.3 Å². The number of hydrogen-bond donors (Lipinski definition) is 0. The number of rotatable bonds is 3. The van der Waals surface area contributed by atoms with E-state index in [4.69, 9.17) is 10.00 Å². The van der Waals surface area contributed by atoms with Crippen LogP contribution in [0.1, 0.15) is 46.5 Å².